The molecule has 0 amide bonds. The van der Waals surface area contributed by atoms with E-state index < -0.39 is 0 Å². The number of ether oxygens (including phenoxy) is 1. The molecule has 3 atom stereocenters. The third-order valence-electron chi connectivity index (χ3n) is 5.93. The summed E-state index contributed by atoms with van der Waals surface area (Å²) in [5.74, 6) is 1.47. The smallest absolute Gasteiger partial charge is 0.317 e. The van der Waals surface area contributed by atoms with E-state index >= 15 is 0 Å². The lowest BCUT2D eigenvalue weighted by Crippen LogP contribution is -2.21. The van der Waals surface area contributed by atoms with Crippen molar-refractivity contribution in [3.8, 4) is 11.1 Å². The lowest BCUT2D eigenvalue weighted by molar-refractivity contribution is -0.146. The van der Waals surface area contributed by atoms with Crippen LogP contribution in [0.4, 0.5) is 0 Å². The molecule has 0 spiro atoms. The molecular weight excluding hydrogens is 296 g/mol. The first-order valence-corrected chi connectivity index (χ1v) is 8.84. The highest BCUT2D eigenvalue weighted by Crippen LogP contribution is 2.46. The summed E-state index contributed by atoms with van der Waals surface area (Å²) in [5, 5.41) is 0. The normalized spacial score (nSPS) is 26.4. The zero-order chi connectivity index (χ0) is 16.1. The Hall–Kier alpha value is -2.35. The summed E-state index contributed by atoms with van der Waals surface area (Å²) >= 11 is 0. The number of rotatable bonds is 3. The van der Waals surface area contributed by atoms with Crippen LogP contribution in [0.25, 0.3) is 11.1 Å². The van der Waals surface area contributed by atoms with Gasteiger partial charge < -0.3 is 4.74 Å². The predicted octanol–water partition coefficient (Wildman–Crippen LogP) is 4.55. The summed E-state index contributed by atoms with van der Waals surface area (Å²) in [5.41, 5.74) is 4.49. The van der Waals surface area contributed by atoms with Crippen LogP contribution >= 0.6 is 0 Å². The first kappa shape index (κ1) is 14.0. The Balaban J connectivity index is 1.40. The average Bonchev–Trinajstić information content (AvgIpc) is 3.32. The molecule has 2 heteroatoms. The van der Waals surface area contributed by atoms with Crippen LogP contribution in [0.2, 0.25) is 0 Å². The molecule has 0 heterocycles. The Labute approximate surface area is 142 Å². The molecule has 3 aliphatic rings. The van der Waals surface area contributed by atoms with Gasteiger partial charge in [0.25, 0.3) is 0 Å². The molecule has 1 saturated carbocycles. The Morgan fingerprint density at radius 3 is 2.17 bits per heavy atom. The van der Waals surface area contributed by atoms with Gasteiger partial charge in [-0.1, -0.05) is 60.7 Å². The fourth-order valence-corrected chi connectivity index (χ4v) is 4.77. The number of carbonyl (C=O) groups is 1. The van der Waals surface area contributed by atoms with Gasteiger partial charge in [0.15, 0.2) is 0 Å². The maximum Gasteiger partial charge on any atom is 0.317 e. The fraction of sp³-hybridized carbons (Fsp3) is 0.318. The van der Waals surface area contributed by atoms with Crippen molar-refractivity contribution in [3.63, 3.8) is 0 Å². The average molecular weight is 316 g/mol. The van der Waals surface area contributed by atoms with E-state index in [4.69, 9.17) is 4.74 Å². The third-order valence-corrected chi connectivity index (χ3v) is 5.93. The van der Waals surface area contributed by atoms with Crippen molar-refractivity contribution in [2.24, 2.45) is 17.8 Å². The monoisotopic (exact) mass is 316 g/mol. The molecule has 3 aliphatic carbocycles. The fourth-order valence-electron chi connectivity index (χ4n) is 4.77. The van der Waals surface area contributed by atoms with Gasteiger partial charge in [-0.05, 0) is 52.8 Å². The van der Waals surface area contributed by atoms with Crippen LogP contribution in [0.1, 0.15) is 29.9 Å². The molecule has 5 rings (SSSR count). The van der Waals surface area contributed by atoms with Crippen molar-refractivity contribution in [2.45, 2.75) is 18.8 Å². The number of fused-ring (bicyclic) bond motifs is 5. The highest BCUT2D eigenvalue weighted by molar-refractivity contribution is 5.93. The minimum atomic E-state index is -0.272. The first-order valence-electron chi connectivity index (χ1n) is 8.84. The molecule has 2 aromatic carbocycles. The predicted molar refractivity (Wildman–Crippen MR) is 93.5 cm³/mol. The third kappa shape index (κ3) is 2.06. The van der Waals surface area contributed by atoms with Crippen molar-refractivity contribution in [1.82, 2.24) is 0 Å². The topological polar surface area (TPSA) is 26.3 Å². The largest absolute Gasteiger partial charge is 0.465 e. The maximum absolute atomic E-state index is 12.9. The molecule has 0 radical (unpaired) electrons. The van der Waals surface area contributed by atoms with Gasteiger partial charge in [-0.25, -0.2) is 0 Å². The van der Waals surface area contributed by atoms with Crippen LogP contribution in [0.3, 0.4) is 0 Å². The van der Waals surface area contributed by atoms with E-state index in [-0.39, 0.29) is 11.9 Å². The zero-order valence-corrected chi connectivity index (χ0v) is 13.5. The van der Waals surface area contributed by atoms with Gasteiger partial charge >= 0.3 is 5.97 Å². The van der Waals surface area contributed by atoms with E-state index in [9.17, 15) is 4.79 Å². The summed E-state index contributed by atoms with van der Waals surface area (Å²) in [6.45, 7) is 0.561. The number of hydrogen-bond acceptors (Lipinski definition) is 2. The highest BCUT2D eigenvalue weighted by atomic mass is 16.5. The molecule has 120 valence electrons. The summed E-state index contributed by atoms with van der Waals surface area (Å²) < 4.78 is 5.80. The zero-order valence-electron chi connectivity index (χ0n) is 13.5. The summed E-state index contributed by atoms with van der Waals surface area (Å²) in [7, 11) is 0. The van der Waals surface area contributed by atoms with Crippen LogP contribution in [0.5, 0.6) is 0 Å². The van der Waals surface area contributed by atoms with Gasteiger partial charge in [0.05, 0.1) is 6.61 Å². The van der Waals surface area contributed by atoms with E-state index in [1.54, 1.807) is 0 Å². The Morgan fingerprint density at radius 1 is 0.917 bits per heavy atom. The van der Waals surface area contributed by atoms with Crippen molar-refractivity contribution < 1.29 is 9.53 Å². The number of carbonyl (C=O) groups excluding carboxylic acids is 1. The van der Waals surface area contributed by atoms with Gasteiger partial charge in [0.2, 0.25) is 0 Å². The molecular formula is C22H20O2. The molecule has 24 heavy (non-hydrogen) atoms. The second kappa shape index (κ2) is 5.34. The highest BCUT2D eigenvalue weighted by Gasteiger charge is 2.38. The summed E-state index contributed by atoms with van der Waals surface area (Å²) in [6.07, 6.45) is 7.06. The van der Waals surface area contributed by atoms with Gasteiger partial charge in [-0.2, -0.15) is 0 Å². The number of benzene rings is 2. The van der Waals surface area contributed by atoms with Crippen molar-refractivity contribution >= 4 is 5.97 Å². The van der Waals surface area contributed by atoms with E-state index in [2.05, 4.69) is 36.4 Å². The lowest BCUT2D eigenvalue weighted by atomic mass is 9.94. The molecule has 2 nitrogen and oxygen atoms in total. The van der Waals surface area contributed by atoms with Crippen molar-refractivity contribution in [2.75, 3.05) is 6.61 Å². The summed E-state index contributed by atoms with van der Waals surface area (Å²) in [6, 6.07) is 16.4. The summed E-state index contributed by atoms with van der Waals surface area (Å²) in [4.78, 5) is 12.9. The van der Waals surface area contributed by atoms with Gasteiger partial charge in [0, 0.05) is 0 Å². The molecule has 0 aliphatic heterocycles. The molecule has 2 bridgehead atoms. The second-order valence-corrected chi connectivity index (χ2v) is 7.28. The van der Waals surface area contributed by atoms with Gasteiger partial charge in [0.1, 0.15) is 5.92 Å². The van der Waals surface area contributed by atoms with E-state index in [0.29, 0.717) is 24.4 Å². The molecule has 2 aromatic rings. The van der Waals surface area contributed by atoms with Crippen molar-refractivity contribution in [1.29, 1.82) is 0 Å². The quantitative estimate of drug-likeness (QED) is 0.613. The Morgan fingerprint density at radius 2 is 1.58 bits per heavy atom. The van der Waals surface area contributed by atoms with Gasteiger partial charge in [-0.3, -0.25) is 4.79 Å². The standard InChI is InChI=1S/C22H20O2/c23-22(24-13-16-12-14-9-10-15(16)11-14)21-19-7-3-1-5-17(19)18-6-2-4-8-20(18)21/h1-10,14-16,21H,11-13H2. The molecule has 3 unspecified atom stereocenters. The van der Waals surface area contributed by atoms with Crippen LogP contribution in [0, 0.1) is 17.8 Å². The molecule has 0 saturated heterocycles. The maximum atomic E-state index is 12.9. The number of allylic oxidation sites excluding steroid dienone is 2. The first-order chi connectivity index (χ1) is 11.8. The van der Waals surface area contributed by atoms with Crippen LogP contribution < -0.4 is 0 Å². The molecule has 0 N–H and O–H groups in total. The molecule has 1 fully saturated rings. The van der Waals surface area contributed by atoms with E-state index in [1.165, 1.54) is 12.8 Å². The van der Waals surface area contributed by atoms with Crippen LogP contribution in [-0.2, 0) is 9.53 Å². The second-order valence-electron chi connectivity index (χ2n) is 7.28. The Bertz CT molecular complexity index is 790. The Kier molecular flexibility index (Phi) is 3.12. The number of esters is 1. The minimum absolute atomic E-state index is 0.0980. The molecule has 0 aromatic heterocycles. The lowest BCUT2D eigenvalue weighted by Gasteiger charge is -2.20. The van der Waals surface area contributed by atoms with E-state index in [1.807, 2.05) is 24.3 Å². The van der Waals surface area contributed by atoms with Gasteiger partial charge in [-0.15, -0.1) is 0 Å². The SMILES string of the molecule is O=C(OCC1CC2C=CC1C2)C1c2ccccc2-c2ccccc21. The van der Waals surface area contributed by atoms with Crippen LogP contribution in [0.15, 0.2) is 60.7 Å². The minimum Gasteiger partial charge on any atom is -0.465 e. The van der Waals surface area contributed by atoms with Crippen LogP contribution in [-0.4, -0.2) is 12.6 Å². The van der Waals surface area contributed by atoms with E-state index in [0.717, 1.165) is 22.3 Å². The van der Waals surface area contributed by atoms with Crippen molar-refractivity contribution in [3.05, 3.63) is 71.8 Å². The number of hydrogen-bond donors (Lipinski definition) is 0.